The summed E-state index contributed by atoms with van der Waals surface area (Å²) in [4.78, 5) is 25.0. The smallest absolute Gasteiger partial charge is 0.306 e. The molecule has 0 radical (unpaired) electrons. The molecule has 1 fully saturated rings. The molecule has 4 heteroatoms. The van der Waals surface area contributed by atoms with Gasteiger partial charge in [0.2, 0.25) is 5.91 Å². The Morgan fingerprint density at radius 3 is 2.63 bits per heavy atom. The largest absolute Gasteiger partial charge is 0.481 e. The first-order chi connectivity index (χ1) is 9.08. The van der Waals surface area contributed by atoms with E-state index in [2.05, 4.69) is 6.07 Å². The number of likely N-dealkylation sites (tertiary alicyclic amines) is 1. The normalized spacial score (nSPS) is 23.0. The van der Waals surface area contributed by atoms with E-state index in [1.165, 1.54) is 5.56 Å². The van der Waals surface area contributed by atoms with Crippen molar-refractivity contribution >= 4 is 11.9 Å². The molecule has 1 N–H and O–H groups in total. The Morgan fingerprint density at radius 2 is 2.00 bits per heavy atom. The maximum absolute atomic E-state index is 12.3. The number of carboxylic acid groups (broad SMARTS) is 1. The van der Waals surface area contributed by atoms with Crippen molar-refractivity contribution in [3.8, 4) is 0 Å². The first-order valence-electron chi connectivity index (χ1n) is 6.67. The summed E-state index contributed by atoms with van der Waals surface area (Å²) in [7, 11) is 0. The van der Waals surface area contributed by atoms with Gasteiger partial charge in [-0.2, -0.15) is 0 Å². The Bertz CT molecular complexity index is 534. The van der Waals surface area contributed by atoms with Crippen molar-refractivity contribution in [2.75, 3.05) is 13.1 Å². The summed E-state index contributed by atoms with van der Waals surface area (Å²) in [5, 5.41) is 8.94. The van der Waals surface area contributed by atoms with Gasteiger partial charge in [-0.3, -0.25) is 9.59 Å². The quantitative estimate of drug-likeness (QED) is 0.895. The second kappa shape index (κ2) is 4.37. The summed E-state index contributed by atoms with van der Waals surface area (Å²) in [5.74, 6) is -0.870. The zero-order valence-corrected chi connectivity index (χ0v) is 10.9. The molecule has 2 unspecified atom stereocenters. The van der Waals surface area contributed by atoms with E-state index < -0.39 is 5.97 Å². The Labute approximate surface area is 112 Å². The summed E-state index contributed by atoms with van der Waals surface area (Å²) in [6, 6.07) is 8.03. The fraction of sp³-hybridized carbons (Fsp3) is 0.467. The lowest BCUT2D eigenvalue weighted by Gasteiger charge is -2.44. The Morgan fingerprint density at radius 1 is 1.32 bits per heavy atom. The highest BCUT2D eigenvalue weighted by Crippen LogP contribution is 2.38. The van der Waals surface area contributed by atoms with Crippen molar-refractivity contribution in [1.29, 1.82) is 0 Å². The van der Waals surface area contributed by atoms with E-state index in [9.17, 15) is 9.59 Å². The number of amides is 1. The minimum atomic E-state index is -0.772. The maximum Gasteiger partial charge on any atom is 0.306 e. The lowest BCUT2D eigenvalue weighted by molar-refractivity contribution is -0.151. The van der Waals surface area contributed by atoms with Gasteiger partial charge in [0.05, 0.1) is 11.8 Å². The van der Waals surface area contributed by atoms with Crippen LogP contribution < -0.4 is 0 Å². The molecule has 1 aliphatic carbocycles. The Balaban J connectivity index is 1.59. The van der Waals surface area contributed by atoms with Gasteiger partial charge in [-0.05, 0) is 17.5 Å². The molecule has 0 bridgehead atoms. The van der Waals surface area contributed by atoms with Gasteiger partial charge in [0, 0.05) is 19.0 Å². The van der Waals surface area contributed by atoms with Gasteiger partial charge < -0.3 is 10.0 Å². The van der Waals surface area contributed by atoms with Crippen LogP contribution in [-0.2, 0) is 16.0 Å². The van der Waals surface area contributed by atoms with Gasteiger partial charge in [0.1, 0.15) is 0 Å². The lowest BCUT2D eigenvalue weighted by Crippen LogP contribution is -2.55. The van der Waals surface area contributed by atoms with E-state index in [1.807, 2.05) is 18.2 Å². The van der Waals surface area contributed by atoms with Crippen LogP contribution in [0.25, 0.3) is 0 Å². The van der Waals surface area contributed by atoms with Crippen LogP contribution in [0.4, 0.5) is 0 Å². The number of carbonyl (C=O) groups excluding carboxylic acids is 1. The second-order valence-electron chi connectivity index (χ2n) is 5.59. The summed E-state index contributed by atoms with van der Waals surface area (Å²) in [6.45, 7) is 2.89. The molecule has 1 heterocycles. The summed E-state index contributed by atoms with van der Waals surface area (Å²) in [5.41, 5.74) is 2.40. The zero-order valence-electron chi connectivity index (χ0n) is 10.9. The molecule has 1 amide bonds. The monoisotopic (exact) mass is 259 g/mol. The molecule has 2 aliphatic rings. The first-order valence-corrected chi connectivity index (χ1v) is 6.67. The number of carbonyl (C=O) groups is 2. The third-order valence-corrected chi connectivity index (χ3v) is 4.47. The number of hydrogen-bond acceptors (Lipinski definition) is 2. The Hall–Kier alpha value is -1.84. The SMILES string of the molecule is CC(C(=O)O)C1CN(C(=O)C2Cc3ccccc32)C1. The van der Waals surface area contributed by atoms with Crippen molar-refractivity contribution in [2.45, 2.75) is 19.3 Å². The highest BCUT2D eigenvalue weighted by molar-refractivity contribution is 5.87. The van der Waals surface area contributed by atoms with Crippen molar-refractivity contribution in [2.24, 2.45) is 11.8 Å². The predicted octanol–water partition coefficient (Wildman–Crippen LogP) is 1.51. The fourth-order valence-electron chi connectivity index (χ4n) is 2.91. The average Bonchev–Trinajstić information content (AvgIpc) is 2.28. The van der Waals surface area contributed by atoms with Crippen LogP contribution >= 0.6 is 0 Å². The second-order valence-corrected chi connectivity index (χ2v) is 5.59. The van der Waals surface area contributed by atoms with Gasteiger partial charge >= 0.3 is 5.97 Å². The van der Waals surface area contributed by atoms with Crippen molar-refractivity contribution in [3.63, 3.8) is 0 Å². The minimum Gasteiger partial charge on any atom is -0.481 e. The first kappa shape index (κ1) is 12.2. The van der Waals surface area contributed by atoms with E-state index in [4.69, 9.17) is 5.11 Å². The number of benzene rings is 1. The van der Waals surface area contributed by atoms with Crippen molar-refractivity contribution < 1.29 is 14.7 Å². The van der Waals surface area contributed by atoms with Crippen LogP contribution in [-0.4, -0.2) is 35.0 Å². The molecule has 0 spiro atoms. The van der Waals surface area contributed by atoms with Crippen LogP contribution in [0.3, 0.4) is 0 Å². The molecular weight excluding hydrogens is 242 g/mol. The van der Waals surface area contributed by atoms with Gasteiger partial charge in [-0.1, -0.05) is 31.2 Å². The molecule has 1 aromatic rings. The number of aliphatic carboxylic acids is 1. The average molecular weight is 259 g/mol. The molecule has 1 saturated heterocycles. The van der Waals surface area contributed by atoms with E-state index in [0.29, 0.717) is 13.1 Å². The zero-order chi connectivity index (χ0) is 13.6. The summed E-state index contributed by atoms with van der Waals surface area (Å²) >= 11 is 0. The molecule has 0 aromatic heterocycles. The molecule has 1 aromatic carbocycles. The summed E-state index contributed by atoms with van der Waals surface area (Å²) in [6.07, 6.45) is 0.824. The van der Waals surface area contributed by atoms with Crippen LogP contribution in [0.2, 0.25) is 0 Å². The highest BCUT2D eigenvalue weighted by Gasteiger charge is 2.42. The number of fused-ring (bicyclic) bond motifs is 1. The predicted molar refractivity (Wildman–Crippen MR) is 69.8 cm³/mol. The third-order valence-electron chi connectivity index (χ3n) is 4.47. The molecule has 2 atom stereocenters. The van der Waals surface area contributed by atoms with Crippen molar-refractivity contribution in [3.05, 3.63) is 35.4 Å². The highest BCUT2D eigenvalue weighted by atomic mass is 16.4. The number of rotatable bonds is 3. The fourth-order valence-corrected chi connectivity index (χ4v) is 2.91. The lowest BCUT2D eigenvalue weighted by atomic mass is 9.75. The molecule has 0 saturated carbocycles. The van der Waals surface area contributed by atoms with Gasteiger partial charge in [0.25, 0.3) is 0 Å². The summed E-state index contributed by atoms with van der Waals surface area (Å²) < 4.78 is 0. The topological polar surface area (TPSA) is 57.6 Å². The van der Waals surface area contributed by atoms with Gasteiger partial charge in [-0.25, -0.2) is 0 Å². The van der Waals surface area contributed by atoms with Crippen molar-refractivity contribution in [1.82, 2.24) is 4.90 Å². The standard InChI is InChI=1S/C15H17NO3/c1-9(15(18)19)11-7-16(8-11)14(17)13-6-10-4-2-3-5-12(10)13/h2-5,9,11,13H,6-8H2,1H3,(H,18,19). The van der Waals surface area contributed by atoms with E-state index in [-0.39, 0.29) is 23.7 Å². The number of carboxylic acids is 1. The van der Waals surface area contributed by atoms with Crippen LogP contribution in [0.5, 0.6) is 0 Å². The molecular formula is C15H17NO3. The van der Waals surface area contributed by atoms with E-state index >= 15 is 0 Å². The maximum atomic E-state index is 12.3. The van der Waals surface area contributed by atoms with E-state index in [0.717, 1.165) is 12.0 Å². The van der Waals surface area contributed by atoms with Crippen LogP contribution in [0.15, 0.2) is 24.3 Å². The molecule has 4 nitrogen and oxygen atoms in total. The van der Waals surface area contributed by atoms with Gasteiger partial charge in [0.15, 0.2) is 0 Å². The molecule has 3 rings (SSSR count). The third kappa shape index (κ3) is 1.91. The number of hydrogen-bond donors (Lipinski definition) is 1. The number of nitrogens with zero attached hydrogens (tertiary/aromatic N) is 1. The van der Waals surface area contributed by atoms with Crippen LogP contribution in [0.1, 0.15) is 24.0 Å². The van der Waals surface area contributed by atoms with E-state index in [1.54, 1.807) is 11.8 Å². The molecule has 100 valence electrons. The Kier molecular flexibility index (Phi) is 2.81. The minimum absolute atomic E-state index is 0.00251. The van der Waals surface area contributed by atoms with Crippen LogP contribution in [0, 0.1) is 11.8 Å². The molecule has 19 heavy (non-hydrogen) atoms. The molecule has 1 aliphatic heterocycles. The van der Waals surface area contributed by atoms with Gasteiger partial charge in [-0.15, -0.1) is 0 Å².